The van der Waals surface area contributed by atoms with Gasteiger partial charge in [0.15, 0.2) is 0 Å². The van der Waals surface area contributed by atoms with Crippen molar-refractivity contribution in [3.05, 3.63) is 146 Å². The fraction of sp³-hybridized carbons (Fsp3) is 0. The lowest BCUT2D eigenvalue weighted by atomic mass is 10.0. The smallest absolute Gasteiger partial charge is 0.232 e. The fourth-order valence-corrected chi connectivity index (χ4v) is 7.81. The van der Waals surface area contributed by atoms with E-state index in [2.05, 4.69) is 115 Å². The van der Waals surface area contributed by atoms with Crippen molar-refractivity contribution >= 4 is 78.0 Å². The van der Waals surface area contributed by atoms with Gasteiger partial charge >= 0.3 is 0 Å². The summed E-state index contributed by atoms with van der Waals surface area (Å²) in [5.74, 6) is 1.62. The Kier molecular flexibility index (Phi) is 4.83. The van der Waals surface area contributed by atoms with Crippen LogP contribution in [0.15, 0.2) is 154 Å². The highest BCUT2D eigenvalue weighted by atomic mass is 16.3. The summed E-state index contributed by atoms with van der Waals surface area (Å²) in [6.07, 6.45) is 0. The zero-order valence-corrected chi connectivity index (χ0v) is 26.4. The third-order valence-corrected chi connectivity index (χ3v) is 9.99. The van der Waals surface area contributed by atoms with Crippen LogP contribution in [0.1, 0.15) is 0 Å². The third kappa shape index (κ3) is 3.29. The number of aromatic nitrogens is 6. The lowest BCUT2D eigenvalue weighted by molar-refractivity contribution is 0.651. The van der Waals surface area contributed by atoms with Gasteiger partial charge in [-0.25, -0.2) is 18.8 Å². The van der Waals surface area contributed by atoms with Gasteiger partial charge in [-0.05, 0) is 83.9 Å². The lowest BCUT2D eigenvalue weighted by Gasteiger charge is -2.04. The number of benzene rings is 6. The van der Waals surface area contributed by atoms with Gasteiger partial charge in [0.1, 0.15) is 22.2 Å². The van der Waals surface area contributed by atoms with Gasteiger partial charge in [-0.2, -0.15) is 0 Å². The second kappa shape index (κ2) is 9.30. The highest BCUT2D eigenvalue weighted by Gasteiger charge is 2.25. The largest absolute Gasteiger partial charge is 0.437 e. The van der Waals surface area contributed by atoms with Crippen LogP contribution in [0.3, 0.4) is 0 Å². The van der Waals surface area contributed by atoms with Crippen molar-refractivity contribution in [1.29, 1.82) is 0 Å². The number of nitrogens with zero attached hydrogens (tertiary/aromatic N) is 6. The molecule has 0 saturated carbocycles. The molecule has 0 N–H and O–H groups in total. The molecule has 234 valence electrons. The summed E-state index contributed by atoms with van der Waals surface area (Å²) in [4.78, 5) is 10.4. The number of furan rings is 2. The maximum absolute atomic E-state index is 6.49. The Morgan fingerprint density at radius 2 is 0.840 bits per heavy atom. The summed E-state index contributed by atoms with van der Waals surface area (Å²) in [6, 6.07) is 50.0. The summed E-state index contributed by atoms with van der Waals surface area (Å²) in [5.41, 5.74) is 13.2. The predicted molar refractivity (Wildman–Crippen MR) is 198 cm³/mol. The van der Waals surface area contributed by atoms with E-state index in [1.165, 1.54) is 0 Å². The number of fused-ring (bicyclic) bond motifs is 14. The molecular formula is C42H24N6O2. The van der Waals surface area contributed by atoms with E-state index in [1.54, 1.807) is 0 Å². The first-order valence-electron chi connectivity index (χ1n) is 16.6. The minimum absolute atomic E-state index is 0.780. The Labute approximate surface area is 282 Å². The summed E-state index contributed by atoms with van der Waals surface area (Å²) >= 11 is 0. The summed E-state index contributed by atoms with van der Waals surface area (Å²) < 4.78 is 21.6. The van der Waals surface area contributed by atoms with Crippen LogP contribution in [0.25, 0.3) is 101 Å². The Hall–Kier alpha value is -7.06. The Morgan fingerprint density at radius 3 is 1.30 bits per heavy atom. The predicted octanol–water partition coefficient (Wildman–Crippen LogP) is 10.3. The molecule has 0 spiro atoms. The van der Waals surface area contributed by atoms with Gasteiger partial charge < -0.3 is 8.83 Å². The average Bonchev–Trinajstić information content (AvgIpc) is 3.99. The maximum Gasteiger partial charge on any atom is 0.232 e. The van der Waals surface area contributed by atoms with Crippen LogP contribution >= 0.6 is 0 Å². The van der Waals surface area contributed by atoms with Crippen molar-refractivity contribution in [2.45, 2.75) is 0 Å². The summed E-state index contributed by atoms with van der Waals surface area (Å²) in [6.45, 7) is 0. The second-order valence-corrected chi connectivity index (χ2v) is 12.7. The molecule has 6 heterocycles. The molecule has 0 amide bonds. The van der Waals surface area contributed by atoms with E-state index >= 15 is 0 Å². The normalized spacial score (nSPS) is 12.4. The SMILES string of the molecule is c1ccc(-n2c3c4ccccc4oc3n3c4ccc(-c5ccc6c(c5)nc5n(-c7ccccc7)c7c8ccccc8oc7n65)cc4nc23)cc1. The van der Waals surface area contributed by atoms with E-state index in [9.17, 15) is 0 Å². The van der Waals surface area contributed by atoms with E-state index in [-0.39, 0.29) is 0 Å². The molecule has 0 fully saturated rings. The maximum atomic E-state index is 6.49. The van der Waals surface area contributed by atoms with Crippen molar-refractivity contribution in [3.63, 3.8) is 0 Å². The van der Waals surface area contributed by atoms with Crippen molar-refractivity contribution < 1.29 is 8.83 Å². The topological polar surface area (TPSA) is 70.7 Å². The van der Waals surface area contributed by atoms with Gasteiger partial charge in [0.05, 0.1) is 22.1 Å². The van der Waals surface area contributed by atoms with E-state index in [0.29, 0.717) is 0 Å². The molecule has 6 aromatic heterocycles. The zero-order valence-electron chi connectivity index (χ0n) is 26.4. The quantitative estimate of drug-likeness (QED) is 0.192. The van der Waals surface area contributed by atoms with Crippen molar-refractivity contribution in [1.82, 2.24) is 27.9 Å². The molecule has 0 unspecified atom stereocenters. The molecular weight excluding hydrogens is 621 g/mol. The van der Waals surface area contributed by atoms with Crippen LogP contribution in [-0.2, 0) is 0 Å². The van der Waals surface area contributed by atoms with Gasteiger partial charge in [-0.1, -0.05) is 72.8 Å². The molecule has 12 aromatic rings. The molecule has 8 nitrogen and oxygen atoms in total. The van der Waals surface area contributed by atoms with Gasteiger partial charge in [-0.15, -0.1) is 0 Å². The second-order valence-electron chi connectivity index (χ2n) is 12.7. The Balaban J connectivity index is 1.07. The number of imidazole rings is 4. The first-order chi connectivity index (χ1) is 24.8. The summed E-state index contributed by atoms with van der Waals surface area (Å²) in [5, 5.41) is 2.12. The van der Waals surface area contributed by atoms with Crippen molar-refractivity contribution in [2.24, 2.45) is 0 Å². The Bertz CT molecular complexity index is 3090. The number of hydrogen-bond acceptors (Lipinski definition) is 4. The minimum Gasteiger partial charge on any atom is -0.437 e. The van der Waals surface area contributed by atoms with Gasteiger partial charge in [-0.3, -0.25) is 9.13 Å². The Morgan fingerprint density at radius 1 is 0.420 bits per heavy atom. The molecule has 8 heteroatoms. The van der Waals surface area contributed by atoms with E-state index in [0.717, 1.165) is 101 Å². The van der Waals surface area contributed by atoms with Crippen molar-refractivity contribution in [2.75, 3.05) is 0 Å². The number of para-hydroxylation sites is 4. The molecule has 6 aromatic carbocycles. The average molecular weight is 645 g/mol. The minimum atomic E-state index is 0.780. The molecule has 0 radical (unpaired) electrons. The number of hydrogen-bond donors (Lipinski definition) is 0. The molecule has 0 bridgehead atoms. The van der Waals surface area contributed by atoms with E-state index in [1.807, 2.05) is 48.5 Å². The van der Waals surface area contributed by atoms with Crippen LogP contribution < -0.4 is 0 Å². The standard InChI is InChI=1S/C42H24N6O2/c1-3-11-27(12-4-1)45-37-29-15-7-9-17-35(29)49-39(37)47-33-21-19-25(23-31(33)43-41(45)47)26-20-22-34-32(24-26)44-42-46(28-13-5-2-6-14-28)38-30-16-8-10-18-36(30)50-40(38)48(34)42/h1-24H. The van der Waals surface area contributed by atoms with Crippen molar-refractivity contribution in [3.8, 4) is 22.5 Å². The molecule has 12 rings (SSSR count). The van der Waals surface area contributed by atoms with Crippen LogP contribution in [0.5, 0.6) is 0 Å². The van der Waals surface area contributed by atoms with E-state index < -0.39 is 0 Å². The zero-order chi connectivity index (χ0) is 32.5. The van der Waals surface area contributed by atoms with Crippen LogP contribution in [-0.4, -0.2) is 27.9 Å². The molecule has 0 saturated heterocycles. The van der Waals surface area contributed by atoms with Gasteiger partial charge in [0, 0.05) is 22.1 Å². The van der Waals surface area contributed by atoms with Gasteiger partial charge in [0.25, 0.3) is 0 Å². The molecule has 0 atom stereocenters. The highest BCUT2D eigenvalue weighted by Crippen LogP contribution is 2.39. The molecule has 0 aliphatic heterocycles. The molecule has 0 aliphatic carbocycles. The van der Waals surface area contributed by atoms with E-state index in [4.69, 9.17) is 18.8 Å². The lowest BCUT2D eigenvalue weighted by Crippen LogP contribution is -1.94. The van der Waals surface area contributed by atoms with Crippen LogP contribution in [0.4, 0.5) is 0 Å². The molecule has 50 heavy (non-hydrogen) atoms. The first-order valence-corrected chi connectivity index (χ1v) is 16.6. The van der Waals surface area contributed by atoms with Gasteiger partial charge in [0.2, 0.25) is 23.0 Å². The number of rotatable bonds is 3. The van der Waals surface area contributed by atoms with Crippen LogP contribution in [0.2, 0.25) is 0 Å². The van der Waals surface area contributed by atoms with Crippen LogP contribution in [0, 0.1) is 0 Å². The monoisotopic (exact) mass is 644 g/mol. The fourth-order valence-electron chi connectivity index (χ4n) is 7.81. The summed E-state index contributed by atoms with van der Waals surface area (Å²) in [7, 11) is 0. The third-order valence-electron chi connectivity index (χ3n) is 9.99. The molecule has 0 aliphatic rings. The highest BCUT2D eigenvalue weighted by molar-refractivity contribution is 6.07. The first kappa shape index (κ1) is 26.0.